The molecule has 2 amide bonds. The van der Waals surface area contributed by atoms with Gasteiger partial charge in [0.15, 0.2) is 0 Å². The lowest BCUT2D eigenvalue weighted by molar-refractivity contribution is -0.132. The maximum absolute atomic E-state index is 12.3. The molecule has 0 radical (unpaired) electrons. The fourth-order valence-electron chi connectivity index (χ4n) is 2.23. The van der Waals surface area contributed by atoms with Gasteiger partial charge in [0, 0.05) is 23.8 Å². The largest absolute Gasteiger partial charge is 0.355 e. The van der Waals surface area contributed by atoms with Gasteiger partial charge in [0.05, 0.1) is 0 Å². The molecule has 2 rings (SSSR count). The molecule has 0 aromatic heterocycles. The van der Waals surface area contributed by atoms with E-state index in [0.29, 0.717) is 30.5 Å². The summed E-state index contributed by atoms with van der Waals surface area (Å²) in [6.07, 6.45) is 0.561. The third kappa shape index (κ3) is 3.31. The normalized spacial score (nSPS) is 18.7. The van der Waals surface area contributed by atoms with Crippen LogP contribution in [0.1, 0.15) is 20.3 Å². The summed E-state index contributed by atoms with van der Waals surface area (Å²) in [5.74, 6) is -0.485. The molecule has 0 spiro atoms. The highest BCUT2D eigenvalue weighted by Crippen LogP contribution is 2.26. The SMILES string of the molecule is CC(C)CNC(=O)C1CCN(c2ccc(Cl)cc2)C1=O. The van der Waals surface area contributed by atoms with Crippen LogP contribution in [-0.4, -0.2) is 24.9 Å². The van der Waals surface area contributed by atoms with Crippen LogP contribution in [0.5, 0.6) is 0 Å². The molecule has 1 fully saturated rings. The average Bonchev–Trinajstić information content (AvgIpc) is 2.79. The summed E-state index contributed by atoms with van der Waals surface area (Å²) in [6.45, 7) is 5.22. The van der Waals surface area contributed by atoms with Gasteiger partial charge < -0.3 is 10.2 Å². The average molecular weight is 295 g/mol. The van der Waals surface area contributed by atoms with E-state index in [1.807, 2.05) is 13.8 Å². The second-order valence-electron chi connectivity index (χ2n) is 5.45. The Bertz CT molecular complexity index is 499. The lowest BCUT2D eigenvalue weighted by Gasteiger charge is -2.17. The van der Waals surface area contributed by atoms with Gasteiger partial charge in [-0.15, -0.1) is 0 Å². The van der Waals surface area contributed by atoms with Crippen molar-refractivity contribution in [1.29, 1.82) is 0 Å². The fourth-order valence-corrected chi connectivity index (χ4v) is 2.35. The van der Waals surface area contributed by atoms with Gasteiger partial charge in [0.2, 0.25) is 11.8 Å². The topological polar surface area (TPSA) is 49.4 Å². The molecule has 1 saturated heterocycles. The standard InChI is InChI=1S/C15H19ClN2O2/c1-10(2)9-17-14(19)13-7-8-18(15(13)20)12-5-3-11(16)4-6-12/h3-6,10,13H,7-9H2,1-2H3,(H,17,19). The number of carbonyl (C=O) groups excluding carboxylic acids is 2. The first kappa shape index (κ1) is 14.9. The predicted molar refractivity (Wildman–Crippen MR) is 79.8 cm³/mol. The molecule has 1 aromatic rings. The van der Waals surface area contributed by atoms with Crippen molar-refractivity contribution in [2.24, 2.45) is 11.8 Å². The maximum Gasteiger partial charge on any atom is 0.239 e. The first-order valence-electron chi connectivity index (χ1n) is 6.83. The van der Waals surface area contributed by atoms with Crippen molar-refractivity contribution >= 4 is 29.1 Å². The number of nitrogens with zero attached hydrogens (tertiary/aromatic N) is 1. The van der Waals surface area contributed by atoms with Crippen LogP contribution in [-0.2, 0) is 9.59 Å². The van der Waals surface area contributed by atoms with Crippen molar-refractivity contribution in [3.05, 3.63) is 29.3 Å². The number of benzene rings is 1. The first-order valence-corrected chi connectivity index (χ1v) is 7.21. The lowest BCUT2D eigenvalue weighted by Crippen LogP contribution is -2.38. The van der Waals surface area contributed by atoms with Crippen LogP contribution in [0, 0.1) is 11.8 Å². The van der Waals surface area contributed by atoms with E-state index in [1.165, 1.54) is 0 Å². The highest BCUT2D eigenvalue weighted by molar-refractivity contribution is 6.30. The molecule has 20 heavy (non-hydrogen) atoms. The summed E-state index contributed by atoms with van der Waals surface area (Å²) in [6, 6.07) is 7.09. The Kier molecular flexibility index (Phi) is 4.65. The molecule has 1 heterocycles. The van der Waals surface area contributed by atoms with Crippen LogP contribution in [0.25, 0.3) is 0 Å². The Hall–Kier alpha value is -1.55. The number of carbonyl (C=O) groups is 2. The number of hydrogen-bond donors (Lipinski definition) is 1. The Labute approximate surface area is 124 Å². The van der Waals surface area contributed by atoms with Crippen molar-refractivity contribution in [3.8, 4) is 0 Å². The number of amides is 2. The third-order valence-electron chi connectivity index (χ3n) is 3.34. The number of rotatable bonds is 4. The van der Waals surface area contributed by atoms with Crippen LogP contribution in [0.4, 0.5) is 5.69 Å². The summed E-state index contributed by atoms with van der Waals surface area (Å²) in [5, 5.41) is 3.46. The molecule has 1 unspecified atom stereocenters. The monoisotopic (exact) mass is 294 g/mol. The molecule has 1 atom stereocenters. The van der Waals surface area contributed by atoms with Gasteiger partial charge in [-0.05, 0) is 36.6 Å². The van der Waals surface area contributed by atoms with Crippen LogP contribution in [0.15, 0.2) is 24.3 Å². The third-order valence-corrected chi connectivity index (χ3v) is 3.60. The molecule has 1 N–H and O–H groups in total. The molecule has 0 saturated carbocycles. The van der Waals surface area contributed by atoms with Gasteiger partial charge in [0.25, 0.3) is 0 Å². The minimum absolute atomic E-state index is 0.131. The fraction of sp³-hybridized carbons (Fsp3) is 0.467. The smallest absolute Gasteiger partial charge is 0.239 e. The molecule has 0 bridgehead atoms. The van der Waals surface area contributed by atoms with Gasteiger partial charge in [-0.25, -0.2) is 0 Å². The van der Waals surface area contributed by atoms with E-state index >= 15 is 0 Å². The Morgan fingerprint density at radius 1 is 1.40 bits per heavy atom. The first-order chi connectivity index (χ1) is 9.49. The van der Waals surface area contributed by atoms with Gasteiger partial charge in [-0.2, -0.15) is 0 Å². The summed E-state index contributed by atoms with van der Waals surface area (Å²) < 4.78 is 0. The highest BCUT2D eigenvalue weighted by Gasteiger charge is 2.37. The van der Waals surface area contributed by atoms with Crippen molar-refractivity contribution in [2.75, 3.05) is 18.0 Å². The van der Waals surface area contributed by atoms with E-state index in [4.69, 9.17) is 11.6 Å². The Morgan fingerprint density at radius 3 is 2.65 bits per heavy atom. The van der Waals surface area contributed by atoms with E-state index in [2.05, 4.69) is 5.32 Å². The number of hydrogen-bond acceptors (Lipinski definition) is 2. The molecule has 5 heteroatoms. The van der Waals surface area contributed by atoms with E-state index in [9.17, 15) is 9.59 Å². The lowest BCUT2D eigenvalue weighted by atomic mass is 10.1. The van der Waals surface area contributed by atoms with E-state index in [0.717, 1.165) is 5.69 Å². The molecule has 1 aromatic carbocycles. The molecular weight excluding hydrogens is 276 g/mol. The van der Waals surface area contributed by atoms with Crippen molar-refractivity contribution in [2.45, 2.75) is 20.3 Å². The molecule has 1 aliphatic rings. The van der Waals surface area contributed by atoms with Gasteiger partial charge in [-0.1, -0.05) is 25.4 Å². The highest BCUT2D eigenvalue weighted by atomic mass is 35.5. The number of halogens is 1. The zero-order valence-corrected chi connectivity index (χ0v) is 12.5. The summed E-state index contributed by atoms with van der Waals surface area (Å²) >= 11 is 5.84. The Morgan fingerprint density at radius 2 is 2.05 bits per heavy atom. The second kappa shape index (κ2) is 6.27. The summed E-state index contributed by atoms with van der Waals surface area (Å²) in [5.41, 5.74) is 0.790. The zero-order chi connectivity index (χ0) is 14.7. The zero-order valence-electron chi connectivity index (χ0n) is 11.7. The van der Waals surface area contributed by atoms with Crippen LogP contribution < -0.4 is 10.2 Å². The molecule has 1 aliphatic heterocycles. The van der Waals surface area contributed by atoms with E-state index < -0.39 is 5.92 Å². The Balaban J connectivity index is 2.02. The number of anilines is 1. The summed E-state index contributed by atoms with van der Waals surface area (Å²) in [7, 11) is 0. The summed E-state index contributed by atoms with van der Waals surface area (Å²) in [4.78, 5) is 26.0. The van der Waals surface area contributed by atoms with Crippen LogP contribution in [0.3, 0.4) is 0 Å². The molecule has 108 valence electrons. The van der Waals surface area contributed by atoms with Crippen LogP contribution >= 0.6 is 11.6 Å². The second-order valence-corrected chi connectivity index (χ2v) is 5.88. The minimum Gasteiger partial charge on any atom is -0.355 e. The van der Waals surface area contributed by atoms with E-state index in [1.54, 1.807) is 29.2 Å². The predicted octanol–water partition coefficient (Wildman–Crippen LogP) is 2.47. The van der Waals surface area contributed by atoms with Crippen molar-refractivity contribution in [3.63, 3.8) is 0 Å². The van der Waals surface area contributed by atoms with Gasteiger partial charge >= 0.3 is 0 Å². The van der Waals surface area contributed by atoms with E-state index in [-0.39, 0.29) is 11.8 Å². The molecule has 4 nitrogen and oxygen atoms in total. The molecular formula is C15H19ClN2O2. The van der Waals surface area contributed by atoms with Crippen molar-refractivity contribution in [1.82, 2.24) is 5.32 Å². The minimum atomic E-state index is -0.565. The quantitative estimate of drug-likeness (QED) is 0.867. The maximum atomic E-state index is 12.3. The van der Waals surface area contributed by atoms with Crippen LogP contribution in [0.2, 0.25) is 5.02 Å². The van der Waals surface area contributed by atoms with Gasteiger partial charge in [0.1, 0.15) is 5.92 Å². The van der Waals surface area contributed by atoms with Crippen molar-refractivity contribution < 1.29 is 9.59 Å². The number of nitrogens with one attached hydrogen (secondary N) is 1. The van der Waals surface area contributed by atoms with Gasteiger partial charge in [-0.3, -0.25) is 9.59 Å². The molecule has 0 aliphatic carbocycles.